The number of benzene rings is 2. The van der Waals surface area contributed by atoms with E-state index in [1.807, 2.05) is 0 Å². The zero-order chi connectivity index (χ0) is 22.3. The highest BCUT2D eigenvalue weighted by atomic mass is 79.9. The summed E-state index contributed by atoms with van der Waals surface area (Å²) in [4.78, 5) is 35.1. The molecule has 0 aliphatic carbocycles. The van der Waals surface area contributed by atoms with E-state index < -0.39 is 24.0 Å². The Morgan fingerprint density at radius 1 is 1.13 bits per heavy atom. The highest BCUT2D eigenvalue weighted by Crippen LogP contribution is 2.35. The van der Waals surface area contributed by atoms with Crippen molar-refractivity contribution in [2.75, 3.05) is 5.32 Å². The molecule has 2 aromatic rings. The number of aromatic hydroxyl groups is 1. The summed E-state index contributed by atoms with van der Waals surface area (Å²) >= 11 is 3.32. The van der Waals surface area contributed by atoms with Crippen molar-refractivity contribution in [2.24, 2.45) is 5.92 Å². The Hall–Kier alpha value is -3.17. The third kappa shape index (κ3) is 6.43. The van der Waals surface area contributed by atoms with Gasteiger partial charge < -0.3 is 9.84 Å². The highest BCUT2D eigenvalue weighted by molar-refractivity contribution is 9.10. The Balaban J connectivity index is 2.24. The molecule has 2 atom stereocenters. The summed E-state index contributed by atoms with van der Waals surface area (Å²) < 4.78 is 6.20. The minimum atomic E-state index is -0.943. The maximum absolute atomic E-state index is 12.5. The van der Waals surface area contributed by atoms with Crippen LogP contribution in [0, 0.1) is 5.92 Å². The zero-order valence-corrected chi connectivity index (χ0v) is 17.8. The van der Waals surface area contributed by atoms with Gasteiger partial charge in [-0.3, -0.25) is 20.1 Å². The Morgan fingerprint density at radius 2 is 1.80 bits per heavy atom. The van der Waals surface area contributed by atoms with E-state index in [0.29, 0.717) is 21.3 Å². The molecule has 2 rings (SSSR count). The lowest BCUT2D eigenvalue weighted by atomic mass is 9.96. The molecule has 9 heteroatoms. The van der Waals surface area contributed by atoms with Crippen LogP contribution >= 0.6 is 15.9 Å². The Labute approximate surface area is 181 Å². The number of carbonyl (C=O) groups is 3. The molecule has 2 aromatic carbocycles. The number of ketones is 1. The van der Waals surface area contributed by atoms with Crippen LogP contribution in [0.15, 0.2) is 59.1 Å². The summed E-state index contributed by atoms with van der Waals surface area (Å²) in [6.07, 6.45) is 0.795. The molecular formula is C21H21BrN2O6. The molecule has 0 saturated carbocycles. The van der Waals surface area contributed by atoms with Gasteiger partial charge in [-0.05, 0) is 49.4 Å². The predicted octanol–water partition coefficient (Wildman–Crippen LogP) is 4.34. The first-order valence-electron chi connectivity index (χ1n) is 8.90. The Kier molecular flexibility index (Phi) is 8.14. The summed E-state index contributed by atoms with van der Waals surface area (Å²) in [6, 6.07) is 11.0. The number of ether oxygens (including phenoxy) is 1. The molecule has 0 bridgehead atoms. The summed E-state index contributed by atoms with van der Waals surface area (Å²) in [5, 5.41) is 21.5. The second-order valence-corrected chi connectivity index (χ2v) is 7.40. The third-order valence-corrected chi connectivity index (χ3v) is 4.70. The number of hydroxylamine groups is 1. The van der Waals surface area contributed by atoms with Crippen LogP contribution < -0.4 is 10.8 Å². The average molecular weight is 477 g/mol. The van der Waals surface area contributed by atoms with Gasteiger partial charge in [0.05, 0.1) is 0 Å². The zero-order valence-electron chi connectivity index (χ0n) is 16.3. The van der Waals surface area contributed by atoms with Crippen molar-refractivity contribution in [1.82, 2.24) is 5.48 Å². The van der Waals surface area contributed by atoms with E-state index >= 15 is 0 Å². The fourth-order valence-electron chi connectivity index (χ4n) is 2.64. The molecule has 4 N–H and O–H groups in total. The molecule has 0 spiro atoms. The van der Waals surface area contributed by atoms with Crippen molar-refractivity contribution in [3.05, 3.63) is 70.2 Å². The number of hydrogen-bond acceptors (Lipinski definition) is 6. The highest BCUT2D eigenvalue weighted by Gasteiger charge is 2.25. The van der Waals surface area contributed by atoms with Gasteiger partial charge in [-0.1, -0.05) is 28.9 Å². The second kappa shape index (κ2) is 10.6. The predicted molar refractivity (Wildman–Crippen MR) is 113 cm³/mol. The molecule has 0 saturated heterocycles. The smallest absolute Gasteiger partial charge is 0.412 e. The first kappa shape index (κ1) is 23.1. The van der Waals surface area contributed by atoms with Crippen LogP contribution in [0.3, 0.4) is 0 Å². The maximum Gasteiger partial charge on any atom is 0.412 e. The van der Waals surface area contributed by atoms with Crippen molar-refractivity contribution in [2.45, 2.75) is 20.0 Å². The monoisotopic (exact) mass is 476 g/mol. The number of anilines is 1. The number of nitrogens with one attached hydrogen (secondary N) is 2. The van der Waals surface area contributed by atoms with Crippen LogP contribution in [-0.2, 0) is 9.53 Å². The summed E-state index contributed by atoms with van der Waals surface area (Å²) in [7, 11) is 0. The number of amides is 2. The van der Waals surface area contributed by atoms with Gasteiger partial charge in [-0.15, -0.1) is 0 Å². The summed E-state index contributed by atoms with van der Waals surface area (Å²) in [5.41, 5.74) is 2.73. The van der Waals surface area contributed by atoms with E-state index in [2.05, 4.69) is 21.2 Å². The Morgan fingerprint density at radius 3 is 2.40 bits per heavy atom. The molecule has 0 aromatic heterocycles. The van der Waals surface area contributed by atoms with Crippen LogP contribution in [-0.4, -0.2) is 28.1 Å². The topological polar surface area (TPSA) is 125 Å². The SMILES string of the molecule is CC(=O)c1ccc(NC(=O)O[C@H](c2cc(Br)ccc2O)[C@H](C)/C=C/C(=O)NO)cc1. The third-order valence-electron chi connectivity index (χ3n) is 4.21. The second-order valence-electron chi connectivity index (χ2n) is 6.48. The van der Waals surface area contributed by atoms with Crippen molar-refractivity contribution in [3.63, 3.8) is 0 Å². The van der Waals surface area contributed by atoms with E-state index in [4.69, 9.17) is 9.94 Å². The first-order chi connectivity index (χ1) is 14.2. The van der Waals surface area contributed by atoms with E-state index in [0.717, 1.165) is 6.08 Å². The first-order valence-corrected chi connectivity index (χ1v) is 9.70. The lowest BCUT2D eigenvalue weighted by Gasteiger charge is -2.23. The fourth-order valence-corrected chi connectivity index (χ4v) is 3.01. The number of Topliss-reactive ketones (excluding diaryl/α,β-unsaturated/α-hetero) is 1. The lowest BCUT2D eigenvalue weighted by molar-refractivity contribution is -0.124. The average Bonchev–Trinajstić information content (AvgIpc) is 2.72. The van der Waals surface area contributed by atoms with E-state index in [1.165, 1.54) is 24.5 Å². The molecule has 0 radical (unpaired) electrons. The van der Waals surface area contributed by atoms with Crippen LogP contribution in [0.25, 0.3) is 0 Å². The molecule has 0 heterocycles. The molecule has 158 valence electrons. The summed E-state index contributed by atoms with van der Waals surface area (Å²) in [6.45, 7) is 3.12. The van der Waals surface area contributed by atoms with E-state index in [-0.39, 0.29) is 11.5 Å². The van der Waals surface area contributed by atoms with Gasteiger partial charge in [0.25, 0.3) is 5.91 Å². The fraction of sp³-hybridized carbons (Fsp3) is 0.190. The van der Waals surface area contributed by atoms with Crippen LogP contribution in [0.1, 0.15) is 35.9 Å². The molecule has 0 unspecified atom stereocenters. The van der Waals surface area contributed by atoms with Gasteiger partial charge in [0.2, 0.25) is 0 Å². The minimum Gasteiger partial charge on any atom is -0.508 e. The van der Waals surface area contributed by atoms with E-state index in [9.17, 15) is 19.5 Å². The van der Waals surface area contributed by atoms with Crippen molar-refractivity contribution in [1.29, 1.82) is 0 Å². The van der Waals surface area contributed by atoms with Gasteiger partial charge in [0.1, 0.15) is 11.9 Å². The maximum atomic E-state index is 12.5. The largest absolute Gasteiger partial charge is 0.508 e. The van der Waals surface area contributed by atoms with Gasteiger partial charge in [0, 0.05) is 33.3 Å². The quantitative estimate of drug-likeness (QED) is 0.204. The number of hydrogen-bond donors (Lipinski definition) is 4. The van der Waals surface area contributed by atoms with E-state index in [1.54, 1.807) is 43.3 Å². The number of rotatable bonds is 7. The van der Waals surface area contributed by atoms with Gasteiger partial charge >= 0.3 is 6.09 Å². The number of phenolic OH excluding ortho intramolecular Hbond substituents is 1. The van der Waals surface area contributed by atoms with Gasteiger partial charge in [-0.25, -0.2) is 10.3 Å². The lowest BCUT2D eigenvalue weighted by Crippen LogP contribution is -2.22. The standard InChI is InChI=1S/C21H21BrN2O6/c1-12(3-10-19(27)24-29)20(17-11-15(22)6-9-18(17)26)30-21(28)23-16-7-4-14(5-8-16)13(2)25/h3-12,20,26,29H,1-2H3,(H,23,28)(H,24,27)/b10-3+/t12-,20+/m1/s1. The normalized spacial score (nSPS) is 12.8. The number of halogens is 1. The molecule has 30 heavy (non-hydrogen) atoms. The van der Waals surface area contributed by atoms with Crippen molar-refractivity contribution in [3.8, 4) is 5.75 Å². The Bertz CT molecular complexity index is 958. The van der Waals surface area contributed by atoms with Crippen molar-refractivity contribution < 1.29 is 29.4 Å². The van der Waals surface area contributed by atoms with Gasteiger partial charge in [0.15, 0.2) is 5.78 Å². The molecule has 2 amide bonds. The molecule has 0 aliphatic heterocycles. The summed E-state index contributed by atoms with van der Waals surface area (Å²) in [5.74, 6) is -1.46. The van der Waals surface area contributed by atoms with Crippen LogP contribution in [0.4, 0.5) is 10.5 Å². The molecular weight excluding hydrogens is 456 g/mol. The van der Waals surface area contributed by atoms with Crippen LogP contribution in [0.5, 0.6) is 5.75 Å². The number of carbonyl (C=O) groups excluding carboxylic acids is 3. The molecule has 0 aliphatic rings. The van der Waals surface area contributed by atoms with Crippen LogP contribution in [0.2, 0.25) is 0 Å². The molecule has 0 fully saturated rings. The van der Waals surface area contributed by atoms with Crippen molar-refractivity contribution >= 4 is 39.4 Å². The molecule has 8 nitrogen and oxygen atoms in total. The minimum absolute atomic E-state index is 0.0892. The number of phenols is 1. The van der Waals surface area contributed by atoms with Gasteiger partial charge in [-0.2, -0.15) is 0 Å².